The third kappa shape index (κ3) is 6.26. The van der Waals surface area contributed by atoms with Gasteiger partial charge in [-0.1, -0.05) is 60.8 Å². The predicted molar refractivity (Wildman–Crippen MR) is 186 cm³/mol. The lowest BCUT2D eigenvalue weighted by Crippen LogP contribution is -2.28. The number of aryl methyl sites for hydroxylation is 1. The summed E-state index contributed by atoms with van der Waals surface area (Å²) in [6.07, 6.45) is 7.36. The van der Waals surface area contributed by atoms with Gasteiger partial charge in [-0.15, -0.1) is 0 Å². The van der Waals surface area contributed by atoms with E-state index in [1.807, 2.05) is 49.8 Å². The summed E-state index contributed by atoms with van der Waals surface area (Å²) in [4.78, 5) is 21.4. The Balaban J connectivity index is 0.00000235. The molecule has 0 saturated carbocycles. The zero-order valence-corrected chi connectivity index (χ0v) is 28.2. The Morgan fingerprint density at radius 2 is 1.74 bits per heavy atom. The summed E-state index contributed by atoms with van der Waals surface area (Å²) in [5.41, 5.74) is 6.57. The van der Waals surface area contributed by atoms with E-state index in [2.05, 4.69) is 61.7 Å². The van der Waals surface area contributed by atoms with Crippen molar-refractivity contribution < 1.29 is 24.4 Å². The number of aliphatic carboxylic acids is 1. The first-order chi connectivity index (χ1) is 21.8. The van der Waals surface area contributed by atoms with Crippen molar-refractivity contribution in [3.63, 3.8) is 0 Å². The summed E-state index contributed by atoms with van der Waals surface area (Å²) in [6.45, 7) is 13.2. The Morgan fingerprint density at radius 1 is 1.07 bits per heavy atom. The molecule has 2 heterocycles. The van der Waals surface area contributed by atoms with Gasteiger partial charge in [0, 0.05) is 41.1 Å². The van der Waals surface area contributed by atoms with Crippen LogP contribution in [-0.2, 0) is 20.4 Å². The Morgan fingerprint density at radius 3 is 2.39 bits per heavy atom. The van der Waals surface area contributed by atoms with E-state index in [1.165, 1.54) is 16.5 Å². The quantitative estimate of drug-likeness (QED) is 0.145. The topological polar surface area (TPSA) is 105 Å². The fourth-order valence-corrected chi connectivity index (χ4v) is 6.94. The fraction of sp³-hybridized carbons (Fsp3) is 0.297. The molecule has 0 amide bonds. The first kappa shape index (κ1) is 34.6. The monoisotopic (exact) mass is 658 g/mol. The normalized spacial score (nSPS) is 17.2. The Bertz CT molecular complexity index is 1880. The van der Waals surface area contributed by atoms with Crippen LogP contribution in [0.4, 0.5) is 11.4 Å². The number of benzene rings is 3. The maximum Gasteiger partial charge on any atom is 0.305 e. The minimum Gasteiger partial charge on any atom is -0.481 e. The fourth-order valence-electron chi connectivity index (χ4n) is 6.62. The first-order valence-corrected chi connectivity index (χ1v) is 15.6. The highest BCUT2D eigenvalue weighted by molar-refractivity contribution is 6.42. The first-order valence-electron chi connectivity index (χ1n) is 14.9. The number of nitrogens with zero attached hydrogens (tertiary/aromatic N) is 3. The highest BCUT2D eigenvalue weighted by Gasteiger charge is 2.45. The van der Waals surface area contributed by atoms with Gasteiger partial charge in [0.1, 0.15) is 13.4 Å². The molecule has 0 spiro atoms. The molecular weight excluding hydrogens is 621 g/mol. The lowest BCUT2D eigenvalue weighted by Gasteiger charge is -2.26. The molecule has 0 aromatic heterocycles. The van der Waals surface area contributed by atoms with Crippen LogP contribution >= 0.6 is 23.2 Å². The maximum absolute atomic E-state index is 11.5. The molecule has 0 aliphatic carbocycles. The van der Waals surface area contributed by atoms with Gasteiger partial charge in [-0.25, -0.2) is 0 Å². The van der Waals surface area contributed by atoms with Crippen LogP contribution < -0.4 is 4.90 Å². The minimum atomic E-state index is -0.903. The second-order valence-corrected chi connectivity index (χ2v) is 13.2. The zero-order chi connectivity index (χ0) is 34.0. The van der Waals surface area contributed by atoms with E-state index in [0.717, 1.165) is 33.7 Å². The van der Waals surface area contributed by atoms with Gasteiger partial charge in [0.2, 0.25) is 5.69 Å². The highest BCUT2D eigenvalue weighted by atomic mass is 35.5. The molecule has 0 fully saturated rings. The molecule has 238 valence electrons. The number of nitriles is 1. The van der Waals surface area contributed by atoms with E-state index in [0.29, 0.717) is 22.2 Å². The average Bonchev–Trinajstić information content (AvgIpc) is 3.35. The molecule has 9 heteroatoms. The van der Waals surface area contributed by atoms with Crippen LogP contribution in [0.25, 0.3) is 10.8 Å². The maximum atomic E-state index is 11.5. The molecule has 0 saturated heterocycles. The van der Waals surface area contributed by atoms with Crippen molar-refractivity contribution in [3.05, 3.63) is 105 Å². The summed E-state index contributed by atoms with van der Waals surface area (Å²) < 4.78 is 2.14. The van der Waals surface area contributed by atoms with Gasteiger partial charge in [-0.05, 0) is 73.5 Å². The standard InChI is InChI=1S/C36H35Cl2N3O3.CH2O/c1-22-6-9-24-10-11-29-34(25(24)18-22)36(4,5)32(41(29)16-17-42)13-8-23(21-39)7-12-31-35(2,3)26-19-27(37)28(38)20-30(26)40(31)15-14-33(43)44;1-2/h6-13,18-20,42H,14-17H2,1-5H3;1H2/p+1. The number of halogens is 2. The Hall–Kier alpha value is -4.22. The van der Waals surface area contributed by atoms with E-state index in [4.69, 9.17) is 28.0 Å². The van der Waals surface area contributed by atoms with E-state index >= 15 is 0 Å². The predicted octanol–water partition coefficient (Wildman–Crippen LogP) is 7.80. The molecule has 7 nitrogen and oxygen atoms in total. The van der Waals surface area contributed by atoms with Crippen molar-refractivity contribution in [1.29, 1.82) is 5.26 Å². The molecule has 0 atom stereocenters. The molecule has 0 radical (unpaired) electrons. The minimum absolute atomic E-state index is 0.0123. The number of carboxylic acids is 1. The molecule has 0 bridgehead atoms. The molecule has 3 aromatic carbocycles. The van der Waals surface area contributed by atoms with Gasteiger partial charge >= 0.3 is 5.97 Å². The second kappa shape index (κ2) is 13.6. The van der Waals surface area contributed by atoms with Gasteiger partial charge in [-0.2, -0.15) is 9.84 Å². The number of fused-ring (bicyclic) bond motifs is 4. The summed E-state index contributed by atoms with van der Waals surface area (Å²) in [5.74, 6) is -0.903. The van der Waals surface area contributed by atoms with Crippen molar-refractivity contribution in [1.82, 2.24) is 0 Å². The van der Waals surface area contributed by atoms with Crippen LogP contribution in [0.2, 0.25) is 10.0 Å². The Labute approximate surface area is 280 Å². The molecule has 5 rings (SSSR count). The SMILES string of the molecule is C=O.Cc1ccc2ccc3c(c2c1)C(C)(C)C(C=CC(C#N)=CC=C1N(CCC(=O)O)c2cc(Cl)c(Cl)cc2C1(C)C)=[N+]3CCO. The van der Waals surface area contributed by atoms with E-state index < -0.39 is 11.4 Å². The molecule has 2 aliphatic rings. The van der Waals surface area contributed by atoms with Crippen LogP contribution in [-0.4, -0.2) is 53.0 Å². The number of aliphatic hydroxyl groups is 1. The molecule has 0 unspecified atom stereocenters. The van der Waals surface area contributed by atoms with Crippen molar-refractivity contribution in [2.75, 3.05) is 24.6 Å². The van der Waals surface area contributed by atoms with Crippen LogP contribution in [0.5, 0.6) is 0 Å². The third-order valence-corrected chi connectivity index (χ3v) is 9.50. The van der Waals surface area contributed by atoms with E-state index in [9.17, 15) is 20.3 Å². The van der Waals surface area contributed by atoms with Gasteiger partial charge in [-0.3, -0.25) is 4.79 Å². The molecule has 2 aliphatic heterocycles. The molecule has 3 aromatic rings. The van der Waals surface area contributed by atoms with Crippen LogP contribution in [0.15, 0.2) is 78.0 Å². The average molecular weight is 660 g/mol. The largest absolute Gasteiger partial charge is 0.481 e. The lowest BCUT2D eigenvalue weighted by molar-refractivity contribution is -0.440. The van der Waals surface area contributed by atoms with Crippen LogP contribution in [0.3, 0.4) is 0 Å². The summed E-state index contributed by atoms with van der Waals surface area (Å²) >= 11 is 12.7. The van der Waals surface area contributed by atoms with Crippen molar-refractivity contribution in [2.45, 2.75) is 51.9 Å². The number of β-amino-alcohol motifs (C(OH)–C–C–N with tert-alkyl or cyclic N) is 1. The highest BCUT2D eigenvalue weighted by Crippen LogP contribution is 2.50. The summed E-state index contributed by atoms with van der Waals surface area (Å²) in [5, 5.41) is 32.7. The Kier molecular flexibility index (Phi) is 10.3. The van der Waals surface area contributed by atoms with Gasteiger partial charge in [0.25, 0.3) is 0 Å². The summed E-state index contributed by atoms with van der Waals surface area (Å²) in [7, 11) is 0. The smallest absolute Gasteiger partial charge is 0.305 e. The number of allylic oxidation sites excluding steroid dienone is 6. The van der Waals surface area contributed by atoms with Gasteiger partial charge in [0.05, 0.1) is 33.5 Å². The van der Waals surface area contributed by atoms with E-state index in [1.54, 1.807) is 12.1 Å². The van der Waals surface area contributed by atoms with Crippen LogP contribution in [0.1, 0.15) is 50.8 Å². The van der Waals surface area contributed by atoms with Crippen molar-refractivity contribution in [3.8, 4) is 6.07 Å². The zero-order valence-electron chi connectivity index (χ0n) is 26.7. The number of hydrogen-bond donors (Lipinski definition) is 2. The number of aliphatic hydroxyl groups excluding tert-OH is 1. The van der Waals surface area contributed by atoms with Crippen molar-refractivity contribution in [2.24, 2.45) is 0 Å². The lowest BCUT2D eigenvalue weighted by atomic mass is 9.78. The van der Waals surface area contributed by atoms with E-state index in [-0.39, 0.29) is 25.0 Å². The second-order valence-electron chi connectivity index (χ2n) is 12.4. The number of rotatable bonds is 8. The molecule has 2 N–H and O–H groups in total. The number of hydrogen-bond acceptors (Lipinski definition) is 5. The molecule has 46 heavy (non-hydrogen) atoms. The van der Waals surface area contributed by atoms with Gasteiger partial charge < -0.3 is 19.9 Å². The number of carbonyl (C=O) groups excluding carboxylic acids is 1. The summed E-state index contributed by atoms with van der Waals surface area (Å²) in [6, 6.07) is 16.6. The molecular formula is C37H38Cl2N3O4+. The number of carbonyl (C=O) groups is 2. The number of anilines is 1. The number of carboxylic acid groups (broad SMARTS) is 1. The van der Waals surface area contributed by atoms with Gasteiger partial charge in [0.15, 0.2) is 12.3 Å². The van der Waals surface area contributed by atoms with Crippen molar-refractivity contribution >= 4 is 63.8 Å². The van der Waals surface area contributed by atoms with Crippen LogP contribution in [0, 0.1) is 18.3 Å². The third-order valence-electron chi connectivity index (χ3n) is 8.78.